The number of carbonyl (C=O) groups excluding carboxylic acids is 2. The van der Waals surface area contributed by atoms with Crippen LogP contribution in [0, 0.1) is 17.7 Å². The van der Waals surface area contributed by atoms with Gasteiger partial charge in [0.15, 0.2) is 23.1 Å². The minimum Gasteiger partial charge on any atom is -0.496 e. The van der Waals surface area contributed by atoms with Gasteiger partial charge in [-0.05, 0) is 54.3 Å². The molecule has 0 amide bonds. The standard InChI is InChI=1S/C27H27FO6/c1-2-16-11-20-25(13-24(16)34-15-22(29)17-3-6-19(28)7-4-17)33-14-21(27(20)30)18-5-8-23-26(12-18)32-10-9-31-23/h3-8,12,14,16,20,24-25H,2,9-11,13,15H2,1H3. The van der Waals surface area contributed by atoms with Gasteiger partial charge in [-0.3, -0.25) is 9.59 Å². The topological polar surface area (TPSA) is 71.1 Å². The number of allylic oxidation sites excluding steroid dienone is 1. The van der Waals surface area contributed by atoms with Crippen molar-refractivity contribution in [1.82, 2.24) is 0 Å². The second kappa shape index (κ2) is 9.58. The molecule has 0 N–H and O–H groups in total. The Bertz CT molecular complexity index is 1110. The highest BCUT2D eigenvalue weighted by Crippen LogP contribution is 2.42. The van der Waals surface area contributed by atoms with Gasteiger partial charge < -0.3 is 18.9 Å². The molecule has 178 valence electrons. The van der Waals surface area contributed by atoms with Gasteiger partial charge in [0.05, 0.1) is 23.9 Å². The molecule has 0 saturated heterocycles. The van der Waals surface area contributed by atoms with Crippen molar-refractivity contribution in [2.75, 3.05) is 19.8 Å². The summed E-state index contributed by atoms with van der Waals surface area (Å²) in [5.41, 5.74) is 1.71. The lowest BCUT2D eigenvalue weighted by molar-refractivity contribution is -0.131. The number of hydrogen-bond acceptors (Lipinski definition) is 6. The molecule has 2 heterocycles. The molecule has 6 nitrogen and oxygen atoms in total. The average molecular weight is 467 g/mol. The first kappa shape index (κ1) is 22.6. The molecule has 0 bridgehead atoms. The van der Waals surface area contributed by atoms with Crippen LogP contribution in [0.5, 0.6) is 11.5 Å². The Balaban J connectivity index is 1.27. The van der Waals surface area contributed by atoms with E-state index < -0.39 is 0 Å². The van der Waals surface area contributed by atoms with Gasteiger partial charge in [-0.15, -0.1) is 0 Å². The van der Waals surface area contributed by atoms with E-state index in [0.717, 1.165) is 12.0 Å². The van der Waals surface area contributed by atoms with Crippen molar-refractivity contribution < 1.29 is 32.9 Å². The van der Waals surface area contributed by atoms with E-state index in [4.69, 9.17) is 18.9 Å². The highest BCUT2D eigenvalue weighted by Gasteiger charge is 2.44. The molecule has 5 rings (SSSR count). The number of ether oxygens (including phenoxy) is 4. The van der Waals surface area contributed by atoms with Gasteiger partial charge in [0.25, 0.3) is 0 Å². The summed E-state index contributed by atoms with van der Waals surface area (Å²) < 4.78 is 36.4. The van der Waals surface area contributed by atoms with Crippen LogP contribution in [0.4, 0.5) is 4.39 Å². The predicted octanol–water partition coefficient (Wildman–Crippen LogP) is 4.61. The third-order valence-corrected chi connectivity index (χ3v) is 6.93. The molecule has 1 aliphatic carbocycles. The number of fused-ring (bicyclic) bond motifs is 2. The average Bonchev–Trinajstić information content (AvgIpc) is 2.87. The summed E-state index contributed by atoms with van der Waals surface area (Å²) in [5, 5.41) is 0. The van der Waals surface area contributed by atoms with E-state index in [0.29, 0.717) is 48.7 Å². The van der Waals surface area contributed by atoms with Crippen molar-refractivity contribution in [2.45, 2.75) is 38.4 Å². The van der Waals surface area contributed by atoms with Crippen molar-refractivity contribution >= 4 is 17.1 Å². The molecular weight excluding hydrogens is 439 g/mol. The maximum Gasteiger partial charge on any atom is 0.188 e. The Labute approximate surface area is 197 Å². The number of hydrogen-bond donors (Lipinski definition) is 0. The first-order chi connectivity index (χ1) is 16.5. The summed E-state index contributed by atoms with van der Waals surface area (Å²) in [6.45, 7) is 2.97. The second-order valence-corrected chi connectivity index (χ2v) is 8.95. The van der Waals surface area contributed by atoms with Crippen molar-refractivity contribution in [3.8, 4) is 11.5 Å². The number of halogens is 1. The van der Waals surface area contributed by atoms with E-state index in [1.54, 1.807) is 6.26 Å². The highest BCUT2D eigenvalue weighted by atomic mass is 19.1. The van der Waals surface area contributed by atoms with Gasteiger partial charge in [-0.2, -0.15) is 0 Å². The van der Waals surface area contributed by atoms with Crippen LogP contribution < -0.4 is 9.47 Å². The van der Waals surface area contributed by atoms with E-state index in [9.17, 15) is 14.0 Å². The van der Waals surface area contributed by atoms with E-state index in [2.05, 4.69) is 6.92 Å². The summed E-state index contributed by atoms with van der Waals surface area (Å²) >= 11 is 0. The lowest BCUT2D eigenvalue weighted by Gasteiger charge is -2.41. The van der Waals surface area contributed by atoms with Gasteiger partial charge in [0.1, 0.15) is 31.7 Å². The minimum atomic E-state index is -0.385. The maximum atomic E-state index is 13.4. The summed E-state index contributed by atoms with van der Waals surface area (Å²) in [6, 6.07) is 11.0. The molecule has 0 radical (unpaired) electrons. The summed E-state index contributed by atoms with van der Waals surface area (Å²) in [5.74, 6) is 0.668. The van der Waals surface area contributed by atoms with Crippen LogP contribution in [0.3, 0.4) is 0 Å². The molecule has 34 heavy (non-hydrogen) atoms. The van der Waals surface area contributed by atoms with Crippen LogP contribution in [-0.2, 0) is 14.3 Å². The first-order valence-corrected chi connectivity index (χ1v) is 11.7. The Hall–Kier alpha value is -3.19. The second-order valence-electron chi connectivity index (χ2n) is 8.95. The van der Waals surface area contributed by atoms with Gasteiger partial charge in [-0.1, -0.05) is 19.4 Å². The fraction of sp³-hybridized carbons (Fsp3) is 0.407. The lowest BCUT2D eigenvalue weighted by atomic mass is 9.72. The Kier molecular flexibility index (Phi) is 6.37. The third kappa shape index (κ3) is 4.44. The van der Waals surface area contributed by atoms with Crippen molar-refractivity contribution in [2.24, 2.45) is 11.8 Å². The number of rotatable bonds is 6. The van der Waals surface area contributed by atoms with Crippen LogP contribution in [0.25, 0.3) is 5.57 Å². The molecule has 4 atom stereocenters. The largest absolute Gasteiger partial charge is 0.496 e. The quantitative estimate of drug-likeness (QED) is 0.579. The zero-order chi connectivity index (χ0) is 23.7. The van der Waals surface area contributed by atoms with E-state index in [1.807, 2.05) is 18.2 Å². The van der Waals surface area contributed by atoms with Crippen LogP contribution >= 0.6 is 0 Å². The number of carbonyl (C=O) groups is 2. The van der Waals surface area contributed by atoms with E-state index in [1.165, 1.54) is 24.3 Å². The van der Waals surface area contributed by atoms with Gasteiger partial charge in [0, 0.05) is 12.0 Å². The molecule has 1 saturated carbocycles. The number of ketones is 2. The predicted molar refractivity (Wildman–Crippen MR) is 122 cm³/mol. The van der Waals surface area contributed by atoms with Crippen LogP contribution in [0.1, 0.15) is 42.1 Å². The normalized spacial score (nSPS) is 25.7. The Morgan fingerprint density at radius 3 is 2.59 bits per heavy atom. The zero-order valence-electron chi connectivity index (χ0n) is 19.0. The zero-order valence-corrected chi connectivity index (χ0v) is 19.0. The molecule has 0 aromatic heterocycles. The fourth-order valence-electron chi connectivity index (χ4n) is 5.01. The van der Waals surface area contributed by atoms with Crippen LogP contribution in [-0.4, -0.2) is 43.6 Å². The summed E-state index contributed by atoms with van der Waals surface area (Å²) in [4.78, 5) is 25.9. The number of Topliss-reactive ketones (excluding diaryl/α,β-unsaturated/α-hetero) is 2. The summed E-state index contributed by atoms with van der Waals surface area (Å²) in [6.07, 6.45) is 3.07. The monoisotopic (exact) mass is 466 g/mol. The first-order valence-electron chi connectivity index (χ1n) is 11.7. The van der Waals surface area contributed by atoms with Crippen LogP contribution in [0.2, 0.25) is 0 Å². The Morgan fingerprint density at radius 1 is 1.06 bits per heavy atom. The molecule has 0 spiro atoms. The lowest BCUT2D eigenvalue weighted by Crippen LogP contribution is -2.46. The van der Waals surface area contributed by atoms with Crippen LogP contribution in [0.15, 0.2) is 48.7 Å². The van der Waals surface area contributed by atoms with Gasteiger partial charge >= 0.3 is 0 Å². The number of benzene rings is 2. The van der Waals surface area contributed by atoms with Crippen molar-refractivity contribution in [1.29, 1.82) is 0 Å². The molecule has 3 aliphatic rings. The maximum absolute atomic E-state index is 13.4. The van der Waals surface area contributed by atoms with Crippen molar-refractivity contribution in [3.63, 3.8) is 0 Å². The molecule has 7 heteroatoms. The van der Waals surface area contributed by atoms with Gasteiger partial charge in [-0.25, -0.2) is 4.39 Å². The van der Waals surface area contributed by atoms with E-state index >= 15 is 0 Å². The minimum absolute atomic E-state index is 0.0622. The molecule has 2 aromatic rings. The molecular formula is C27H27FO6. The molecule has 2 aromatic carbocycles. The molecule has 1 fully saturated rings. The smallest absolute Gasteiger partial charge is 0.188 e. The molecule has 2 aliphatic heterocycles. The van der Waals surface area contributed by atoms with E-state index in [-0.39, 0.29) is 48.0 Å². The Morgan fingerprint density at radius 2 is 1.82 bits per heavy atom. The SMILES string of the molecule is CCC1CC2C(=O)C(c3ccc4c(c3)OCCO4)=COC2CC1OCC(=O)c1ccc(F)cc1. The molecule has 4 unspecified atom stereocenters. The highest BCUT2D eigenvalue weighted by molar-refractivity contribution is 6.22. The third-order valence-electron chi connectivity index (χ3n) is 6.93. The van der Waals surface area contributed by atoms with Crippen molar-refractivity contribution in [3.05, 3.63) is 65.7 Å². The van der Waals surface area contributed by atoms with Gasteiger partial charge in [0.2, 0.25) is 0 Å². The fourth-order valence-corrected chi connectivity index (χ4v) is 5.01. The summed E-state index contributed by atoms with van der Waals surface area (Å²) in [7, 11) is 0.